The fourth-order valence-electron chi connectivity index (χ4n) is 2.02. The number of aliphatic hydroxyl groups excluding tert-OH is 2. The van der Waals surface area contributed by atoms with Crippen LogP contribution in [0.1, 0.15) is 10.4 Å². The Labute approximate surface area is 106 Å². The summed E-state index contributed by atoms with van der Waals surface area (Å²) in [4.78, 5) is 15.5. The summed E-state index contributed by atoms with van der Waals surface area (Å²) in [5.74, 6) is -0.157. The van der Waals surface area contributed by atoms with Gasteiger partial charge in [0.05, 0.1) is 12.2 Å². The molecule has 5 heteroatoms. The van der Waals surface area contributed by atoms with Crippen LogP contribution < -0.4 is 4.90 Å². The van der Waals surface area contributed by atoms with E-state index in [9.17, 15) is 15.0 Å². The average Bonchev–Trinajstić information content (AvgIpc) is 2.69. The van der Waals surface area contributed by atoms with Gasteiger partial charge in [-0.3, -0.25) is 4.79 Å². The molecule has 1 heterocycles. The molecule has 0 spiro atoms. The van der Waals surface area contributed by atoms with E-state index in [0.717, 1.165) is 5.69 Å². The molecule has 0 aliphatic carbocycles. The third-order valence-electron chi connectivity index (χ3n) is 3.18. The minimum atomic E-state index is -0.838. The van der Waals surface area contributed by atoms with Crippen LogP contribution >= 0.6 is 0 Å². The second kappa shape index (κ2) is 4.96. The number of hydrogen-bond donors (Lipinski definition) is 2. The summed E-state index contributed by atoms with van der Waals surface area (Å²) in [6.07, 6.45) is -1.68. The number of nitrogens with zero attached hydrogens (tertiary/aromatic N) is 2. The summed E-state index contributed by atoms with van der Waals surface area (Å²) in [6, 6.07) is 7.26. The van der Waals surface area contributed by atoms with Gasteiger partial charge in [0.2, 0.25) is 0 Å². The smallest absolute Gasteiger partial charge is 0.254 e. The lowest BCUT2D eigenvalue weighted by Crippen LogP contribution is -2.29. The number of benzene rings is 1. The van der Waals surface area contributed by atoms with Gasteiger partial charge in [-0.15, -0.1) is 0 Å². The van der Waals surface area contributed by atoms with Crippen molar-refractivity contribution in [2.24, 2.45) is 0 Å². The molecule has 1 aromatic rings. The quantitative estimate of drug-likeness (QED) is 0.771. The molecule has 18 heavy (non-hydrogen) atoms. The molecule has 0 bridgehead atoms. The highest BCUT2D eigenvalue weighted by atomic mass is 16.3. The molecule has 2 N–H and O–H groups in total. The highest BCUT2D eigenvalue weighted by molar-refractivity contribution is 5.94. The number of likely N-dealkylation sites (tertiary alicyclic amines) is 1. The molecule has 1 fully saturated rings. The van der Waals surface area contributed by atoms with Crippen molar-refractivity contribution in [1.29, 1.82) is 0 Å². The molecule has 0 unspecified atom stereocenters. The Morgan fingerprint density at radius 3 is 2.11 bits per heavy atom. The van der Waals surface area contributed by atoms with E-state index in [-0.39, 0.29) is 19.0 Å². The first-order valence-corrected chi connectivity index (χ1v) is 5.92. The van der Waals surface area contributed by atoms with Gasteiger partial charge in [0.25, 0.3) is 5.91 Å². The lowest BCUT2D eigenvalue weighted by atomic mass is 10.2. The Bertz CT molecular complexity index is 420. The first-order chi connectivity index (χ1) is 8.49. The van der Waals surface area contributed by atoms with Crippen molar-refractivity contribution < 1.29 is 15.0 Å². The molecule has 0 saturated carbocycles. The Morgan fingerprint density at radius 1 is 1.17 bits per heavy atom. The van der Waals surface area contributed by atoms with Gasteiger partial charge in [-0.25, -0.2) is 0 Å². The molecule has 1 saturated heterocycles. The van der Waals surface area contributed by atoms with Crippen LogP contribution in [-0.2, 0) is 0 Å². The number of anilines is 1. The minimum absolute atomic E-state index is 0.157. The zero-order valence-corrected chi connectivity index (χ0v) is 10.6. The fourth-order valence-corrected chi connectivity index (χ4v) is 2.02. The van der Waals surface area contributed by atoms with Crippen LogP contribution in [0.3, 0.4) is 0 Å². The lowest BCUT2D eigenvalue weighted by Gasteiger charge is -2.17. The van der Waals surface area contributed by atoms with E-state index in [0.29, 0.717) is 5.56 Å². The van der Waals surface area contributed by atoms with Gasteiger partial charge < -0.3 is 20.0 Å². The van der Waals surface area contributed by atoms with Crippen molar-refractivity contribution >= 4 is 11.6 Å². The highest BCUT2D eigenvalue weighted by Crippen LogP contribution is 2.17. The minimum Gasteiger partial charge on any atom is -0.388 e. The van der Waals surface area contributed by atoms with E-state index >= 15 is 0 Å². The topological polar surface area (TPSA) is 64.0 Å². The van der Waals surface area contributed by atoms with Crippen LogP contribution in [-0.4, -0.2) is 60.4 Å². The second-order valence-corrected chi connectivity index (χ2v) is 4.79. The largest absolute Gasteiger partial charge is 0.388 e. The molecule has 1 amide bonds. The number of β-amino-alcohol motifs (C(OH)–C–C–N with tert-alkyl or cyclic N) is 2. The highest BCUT2D eigenvalue weighted by Gasteiger charge is 2.32. The molecule has 0 aromatic heterocycles. The predicted molar refractivity (Wildman–Crippen MR) is 68.7 cm³/mol. The zero-order valence-electron chi connectivity index (χ0n) is 10.6. The molecule has 1 aromatic carbocycles. The molecule has 2 atom stereocenters. The SMILES string of the molecule is CN(C)c1ccc(C(=O)N2C[C@@H](O)[C@@H](O)C2)cc1. The van der Waals surface area contributed by atoms with Crippen LogP contribution in [0.5, 0.6) is 0 Å². The third-order valence-corrected chi connectivity index (χ3v) is 3.18. The molecule has 98 valence electrons. The first kappa shape index (κ1) is 12.9. The van der Waals surface area contributed by atoms with Crippen LogP contribution in [0.4, 0.5) is 5.69 Å². The van der Waals surface area contributed by atoms with Crippen LogP contribution in [0.25, 0.3) is 0 Å². The Hall–Kier alpha value is -1.59. The van der Waals surface area contributed by atoms with E-state index in [2.05, 4.69) is 0 Å². The van der Waals surface area contributed by atoms with Crippen molar-refractivity contribution in [1.82, 2.24) is 4.90 Å². The van der Waals surface area contributed by atoms with Crippen LogP contribution in [0, 0.1) is 0 Å². The number of aliphatic hydroxyl groups is 2. The number of carbonyl (C=O) groups is 1. The zero-order chi connectivity index (χ0) is 13.3. The fraction of sp³-hybridized carbons (Fsp3) is 0.462. The summed E-state index contributed by atoms with van der Waals surface area (Å²) < 4.78 is 0. The standard InChI is InChI=1S/C13H18N2O3/c1-14(2)10-5-3-9(4-6-10)13(18)15-7-11(16)12(17)8-15/h3-6,11-12,16-17H,7-8H2,1-2H3/t11-,12+. The Morgan fingerprint density at radius 2 is 1.67 bits per heavy atom. The molecule has 0 radical (unpaired) electrons. The number of carbonyl (C=O) groups excluding carboxylic acids is 1. The van der Waals surface area contributed by atoms with Crippen molar-refractivity contribution in [3.05, 3.63) is 29.8 Å². The maximum atomic E-state index is 12.1. The Kier molecular flexibility index (Phi) is 3.54. The maximum Gasteiger partial charge on any atom is 0.254 e. The summed E-state index contributed by atoms with van der Waals surface area (Å²) in [5.41, 5.74) is 1.59. The van der Waals surface area contributed by atoms with Crippen molar-refractivity contribution in [2.75, 3.05) is 32.1 Å². The summed E-state index contributed by atoms with van der Waals surface area (Å²) in [6.45, 7) is 0.380. The molecular weight excluding hydrogens is 232 g/mol. The number of rotatable bonds is 2. The van der Waals surface area contributed by atoms with Crippen molar-refractivity contribution in [3.8, 4) is 0 Å². The molecular formula is C13H18N2O3. The van der Waals surface area contributed by atoms with E-state index in [1.54, 1.807) is 12.1 Å². The lowest BCUT2D eigenvalue weighted by molar-refractivity contribution is 0.0572. The monoisotopic (exact) mass is 250 g/mol. The van der Waals surface area contributed by atoms with Gasteiger partial charge in [-0.05, 0) is 24.3 Å². The summed E-state index contributed by atoms with van der Waals surface area (Å²) >= 11 is 0. The van der Waals surface area contributed by atoms with Crippen LogP contribution in [0.15, 0.2) is 24.3 Å². The first-order valence-electron chi connectivity index (χ1n) is 5.92. The van der Waals surface area contributed by atoms with E-state index in [1.165, 1.54) is 4.90 Å². The number of hydrogen-bond acceptors (Lipinski definition) is 4. The van der Waals surface area contributed by atoms with Gasteiger partial charge in [0, 0.05) is 38.4 Å². The molecule has 1 aliphatic rings. The van der Waals surface area contributed by atoms with E-state index in [4.69, 9.17) is 0 Å². The predicted octanol–water partition coefficient (Wildman–Crippen LogP) is -0.0698. The van der Waals surface area contributed by atoms with Crippen LogP contribution in [0.2, 0.25) is 0 Å². The molecule has 5 nitrogen and oxygen atoms in total. The van der Waals surface area contributed by atoms with E-state index < -0.39 is 12.2 Å². The van der Waals surface area contributed by atoms with Gasteiger partial charge in [-0.2, -0.15) is 0 Å². The normalized spacial score (nSPS) is 23.2. The maximum absolute atomic E-state index is 12.1. The second-order valence-electron chi connectivity index (χ2n) is 4.79. The van der Waals surface area contributed by atoms with Gasteiger partial charge in [-0.1, -0.05) is 0 Å². The molecule has 2 rings (SSSR count). The van der Waals surface area contributed by atoms with Crippen molar-refractivity contribution in [3.63, 3.8) is 0 Å². The Balaban J connectivity index is 2.10. The third kappa shape index (κ3) is 2.47. The molecule has 1 aliphatic heterocycles. The summed E-state index contributed by atoms with van der Waals surface area (Å²) in [7, 11) is 3.87. The number of amides is 1. The summed E-state index contributed by atoms with van der Waals surface area (Å²) in [5, 5.41) is 18.9. The van der Waals surface area contributed by atoms with Crippen molar-refractivity contribution in [2.45, 2.75) is 12.2 Å². The average molecular weight is 250 g/mol. The van der Waals surface area contributed by atoms with Gasteiger partial charge in [0.15, 0.2) is 0 Å². The van der Waals surface area contributed by atoms with Gasteiger partial charge >= 0.3 is 0 Å². The van der Waals surface area contributed by atoms with E-state index in [1.807, 2.05) is 31.1 Å². The van der Waals surface area contributed by atoms with Gasteiger partial charge in [0.1, 0.15) is 0 Å².